The van der Waals surface area contributed by atoms with Gasteiger partial charge in [-0.15, -0.1) is 0 Å². The lowest BCUT2D eigenvalue weighted by molar-refractivity contribution is -0.152. The zero-order valence-corrected chi connectivity index (χ0v) is 46.1. The van der Waals surface area contributed by atoms with Gasteiger partial charge in [-0.05, 0) is 126 Å². The Labute approximate surface area is 427 Å². The number of rotatable bonds is 17. The van der Waals surface area contributed by atoms with Crippen molar-refractivity contribution in [1.82, 2.24) is 14.7 Å². The molecular weight excluding hydrogens is 907 g/mol. The van der Waals surface area contributed by atoms with Crippen LogP contribution in [0, 0.1) is 59.2 Å². The molecular formula is C56H95N3O12. The van der Waals surface area contributed by atoms with E-state index in [2.05, 4.69) is 56.2 Å². The van der Waals surface area contributed by atoms with Gasteiger partial charge in [-0.2, -0.15) is 0 Å². The second-order valence-corrected chi connectivity index (χ2v) is 23.1. The first-order chi connectivity index (χ1) is 33.8. The lowest BCUT2D eigenvalue weighted by atomic mass is 9.82. The molecule has 4 heterocycles. The number of nitrogens with zero attached hydrogens (tertiary/aromatic N) is 3. The van der Waals surface area contributed by atoms with E-state index in [4.69, 9.17) is 28.4 Å². The van der Waals surface area contributed by atoms with Crippen LogP contribution in [0.3, 0.4) is 0 Å². The number of hydrogen-bond donors (Lipinski definition) is 0. The molecule has 15 heteroatoms. The minimum atomic E-state index is -0.465. The number of methoxy groups -OCH3 is 5. The number of fused-ring (bicyclic) bond motifs is 3. The van der Waals surface area contributed by atoms with E-state index in [-0.39, 0.29) is 91.0 Å². The van der Waals surface area contributed by atoms with Crippen molar-refractivity contribution in [2.24, 2.45) is 59.2 Å². The summed E-state index contributed by atoms with van der Waals surface area (Å²) in [5.41, 5.74) is 0. The third-order valence-corrected chi connectivity index (χ3v) is 18.2. The van der Waals surface area contributed by atoms with Crippen LogP contribution in [0.4, 0.5) is 0 Å². The van der Waals surface area contributed by atoms with Crippen molar-refractivity contribution < 1.29 is 57.2 Å². The fourth-order valence-corrected chi connectivity index (χ4v) is 13.9. The predicted molar refractivity (Wildman–Crippen MR) is 271 cm³/mol. The Hall–Kier alpha value is -3.30. The molecule has 406 valence electrons. The van der Waals surface area contributed by atoms with Crippen LogP contribution in [0.5, 0.6) is 0 Å². The highest BCUT2D eigenvalue weighted by Crippen LogP contribution is 2.47. The molecule has 0 bridgehead atoms. The minimum absolute atomic E-state index is 0.0675. The van der Waals surface area contributed by atoms with Gasteiger partial charge < -0.3 is 43.1 Å². The maximum Gasteiger partial charge on any atom is 0.306 e. The zero-order valence-electron chi connectivity index (χ0n) is 46.1. The lowest BCUT2D eigenvalue weighted by Gasteiger charge is -2.38. The summed E-state index contributed by atoms with van der Waals surface area (Å²) in [6.45, 7) is 18.3. The highest BCUT2D eigenvalue weighted by Gasteiger charge is 2.52. The quantitative estimate of drug-likeness (QED) is 0.101. The fraction of sp³-hybridized carbons (Fsp3) is 0.893. The average molecular weight is 1000 g/mol. The Morgan fingerprint density at radius 3 is 1.08 bits per heavy atom. The van der Waals surface area contributed by atoms with Crippen LogP contribution < -0.4 is 0 Å². The summed E-state index contributed by atoms with van der Waals surface area (Å²) in [5, 5.41) is 0. The molecule has 0 N–H and O–H groups in total. The van der Waals surface area contributed by atoms with Crippen molar-refractivity contribution in [2.45, 2.75) is 213 Å². The van der Waals surface area contributed by atoms with E-state index in [0.717, 1.165) is 51.4 Å². The Morgan fingerprint density at radius 2 is 0.775 bits per heavy atom. The number of likely N-dealkylation sites (tertiary alicyclic amines) is 3. The van der Waals surface area contributed by atoms with Crippen molar-refractivity contribution in [2.75, 3.05) is 48.8 Å². The van der Waals surface area contributed by atoms with E-state index in [1.54, 1.807) is 14.2 Å². The van der Waals surface area contributed by atoms with Crippen molar-refractivity contribution in [3.63, 3.8) is 0 Å². The summed E-state index contributed by atoms with van der Waals surface area (Å²) in [6, 6.07) is 1.96. The molecule has 7 rings (SSSR count). The standard InChI is InChI=1S/C20H33NO4.2C18H31NO4/c1-13(2)18-11-15-5-4-6-17(15)21(18)20(23)16(12-19(22)24-3)14-7-9-25-10-8-14;2*1-11(2)16-9-13-7-6-8-15(13)19(16)18(21)14(12(3)22-4)10-17(20)23-5/h13-18H,4-12H2,1-3H3;2*11-16H,6-10H2,1-5H3/t15-,16-,17?,18-;12-,13+,14+,15?,16+;12-,13-,14-,15?,16-/m010/s1. The molecule has 0 radical (unpaired) electrons. The van der Waals surface area contributed by atoms with E-state index >= 15 is 0 Å². The molecule has 3 unspecified atom stereocenters. The molecule has 71 heavy (non-hydrogen) atoms. The van der Waals surface area contributed by atoms with E-state index in [1.165, 1.54) is 59.9 Å². The Bertz CT molecular complexity index is 1670. The van der Waals surface area contributed by atoms with Gasteiger partial charge in [0.2, 0.25) is 17.7 Å². The van der Waals surface area contributed by atoms with Gasteiger partial charge in [0.25, 0.3) is 0 Å². The number of esters is 3. The molecule has 3 aliphatic carbocycles. The molecule has 4 saturated heterocycles. The van der Waals surface area contributed by atoms with Gasteiger partial charge in [-0.3, -0.25) is 28.8 Å². The fourth-order valence-electron chi connectivity index (χ4n) is 13.9. The Kier molecular flexibility index (Phi) is 22.5. The number of carbonyl (C=O) groups is 6. The van der Waals surface area contributed by atoms with Crippen LogP contribution >= 0.6 is 0 Å². The van der Waals surface area contributed by atoms with E-state index in [1.807, 2.05) is 13.8 Å². The number of ether oxygens (including phenoxy) is 6. The molecule has 0 spiro atoms. The van der Waals surface area contributed by atoms with Crippen LogP contribution in [0.15, 0.2) is 0 Å². The Balaban J connectivity index is 0.000000198. The summed E-state index contributed by atoms with van der Waals surface area (Å²) in [7, 11) is 7.31. The first kappa shape index (κ1) is 58.6. The summed E-state index contributed by atoms with van der Waals surface area (Å²) < 4.78 is 30.7. The molecule has 4 aliphatic heterocycles. The second kappa shape index (κ2) is 27.3. The Morgan fingerprint density at radius 1 is 0.451 bits per heavy atom. The predicted octanol–water partition coefficient (Wildman–Crippen LogP) is 8.27. The number of carbonyl (C=O) groups excluding carboxylic acids is 6. The van der Waals surface area contributed by atoms with E-state index in [9.17, 15) is 28.8 Å². The molecule has 0 aromatic carbocycles. The monoisotopic (exact) mass is 1000 g/mol. The molecule has 14 atom stereocenters. The van der Waals surface area contributed by atoms with Gasteiger partial charge in [-0.25, -0.2) is 0 Å². The maximum absolute atomic E-state index is 13.6. The van der Waals surface area contributed by atoms with Gasteiger partial charge in [0.15, 0.2) is 0 Å². The van der Waals surface area contributed by atoms with Crippen molar-refractivity contribution in [3.05, 3.63) is 0 Å². The molecule has 7 fully saturated rings. The smallest absolute Gasteiger partial charge is 0.306 e. The van der Waals surface area contributed by atoms with Gasteiger partial charge in [0.1, 0.15) is 0 Å². The van der Waals surface area contributed by atoms with Crippen LogP contribution in [0.25, 0.3) is 0 Å². The van der Waals surface area contributed by atoms with Crippen molar-refractivity contribution in [1.29, 1.82) is 0 Å². The highest BCUT2D eigenvalue weighted by molar-refractivity contribution is 5.86. The largest absolute Gasteiger partial charge is 0.469 e. The van der Waals surface area contributed by atoms with Crippen LogP contribution in [-0.2, 0) is 57.2 Å². The van der Waals surface area contributed by atoms with Gasteiger partial charge in [0, 0.05) is 63.7 Å². The van der Waals surface area contributed by atoms with Crippen LogP contribution in [-0.4, -0.2) is 148 Å². The third kappa shape index (κ3) is 14.1. The topological polar surface area (TPSA) is 168 Å². The van der Waals surface area contributed by atoms with Gasteiger partial charge in [-0.1, -0.05) is 60.8 Å². The molecule has 0 aromatic heterocycles. The van der Waals surface area contributed by atoms with E-state index < -0.39 is 11.8 Å². The summed E-state index contributed by atoms with van der Waals surface area (Å²) in [5.74, 6) is 1.65. The normalized spacial score (nSPS) is 30.1. The first-order valence-electron chi connectivity index (χ1n) is 27.6. The lowest BCUT2D eigenvalue weighted by Crippen LogP contribution is -2.49. The van der Waals surface area contributed by atoms with Crippen LogP contribution in [0.2, 0.25) is 0 Å². The zero-order chi connectivity index (χ0) is 52.3. The summed E-state index contributed by atoms with van der Waals surface area (Å²) in [4.78, 5) is 82.1. The van der Waals surface area contributed by atoms with E-state index in [0.29, 0.717) is 72.9 Å². The maximum atomic E-state index is 13.6. The first-order valence-corrected chi connectivity index (χ1v) is 27.6. The SMILES string of the molecule is COC(=O)C[C@H](C(=O)N1C2CCC[C@H]2C[C@H]1C(C)C)C1CCOCC1.COC(=O)C[C@H](C(=O)N1C2CCC[C@H]2C[C@H]1C(C)C)[C@@H](C)OC.COC(=O)C[C@H](C(=O)N1C2CCC[C@H]2C[C@H]1C(C)C)[C@H](C)OC. The second-order valence-electron chi connectivity index (χ2n) is 23.1. The van der Waals surface area contributed by atoms with Crippen molar-refractivity contribution >= 4 is 35.6 Å². The van der Waals surface area contributed by atoms with Gasteiger partial charge >= 0.3 is 17.9 Å². The number of amides is 3. The van der Waals surface area contributed by atoms with Gasteiger partial charge in [0.05, 0.1) is 70.6 Å². The molecule has 15 nitrogen and oxygen atoms in total. The minimum Gasteiger partial charge on any atom is -0.469 e. The third-order valence-electron chi connectivity index (χ3n) is 18.2. The molecule has 0 aromatic rings. The number of hydrogen-bond acceptors (Lipinski definition) is 12. The summed E-state index contributed by atoms with van der Waals surface area (Å²) >= 11 is 0. The molecule has 3 saturated carbocycles. The van der Waals surface area contributed by atoms with Crippen LogP contribution in [0.1, 0.15) is 165 Å². The van der Waals surface area contributed by atoms with Crippen molar-refractivity contribution in [3.8, 4) is 0 Å². The summed E-state index contributed by atoms with van der Waals surface area (Å²) in [6.07, 6.45) is 15.5. The molecule has 3 amide bonds. The average Bonchev–Trinajstić information content (AvgIpc) is 4.23. The molecule has 7 aliphatic rings. The highest BCUT2D eigenvalue weighted by atomic mass is 16.5.